The quantitative estimate of drug-likeness (QED) is 0.784. The Morgan fingerprint density at radius 2 is 1.76 bits per heavy atom. The Balaban J connectivity index is 1.95. The van der Waals surface area contributed by atoms with Crippen molar-refractivity contribution in [1.29, 1.82) is 0 Å². The lowest BCUT2D eigenvalue weighted by Gasteiger charge is -2.20. The van der Waals surface area contributed by atoms with E-state index in [1.165, 1.54) is 16.0 Å². The van der Waals surface area contributed by atoms with Crippen molar-refractivity contribution >= 4 is 17.0 Å². The summed E-state index contributed by atoms with van der Waals surface area (Å²) in [4.78, 5) is 3.66. The molecule has 3 nitrogen and oxygen atoms in total. The molecule has 21 heavy (non-hydrogen) atoms. The third-order valence-corrected chi connectivity index (χ3v) is 4.72. The summed E-state index contributed by atoms with van der Waals surface area (Å²) in [5.41, 5.74) is 9.59. The zero-order valence-corrected chi connectivity index (χ0v) is 13.7. The number of nitrogens with one attached hydrogen (secondary N) is 1. The number of anilines is 1. The van der Waals surface area contributed by atoms with Gasteiger partial charge in [-0.1, -0.05) is 38.1 Å². The predicted molar refractivity (Wildman–Crippen MR) is 92.3 cm³/mol. The number of nitrogen functional groups attached to an aromatic ring is 1. The first-order valence-electron chi connectivity index (χ1n) is 7.56. The number of nitrogens with two attached hydrogens (primary N) is 1. The molecule has 0 aliphatic heterocycles. The molecule has 0 aliphatic carbocycles. The highest BCUT2D eigenvalue weighted by Crippen LogP contribution is 2.18. The highest BCUT2D eigenvalue weighted by molar-refractivity contribution is 7.10. The van der Waals surface area contributed by atoms with E-state index in [-0.39, 0.29) is 0 Å². The molecule has 0 saturated carbocycles. The molecule has 2 aromatic rings. The molecule has 1 aromatic heterocycles. The Bertz CT molecular complexity index is 546. The fourth-order valence-electron chi connectivity index (χ4n) is 2.38. The van der Waals surface area contributed by atoms with Crippen LogP contribution in [0.15, 0.2) is 35.7 Å². The molecule has 0 fully saturated rings. The van der Waals surface area contributed by atoms with Crippen LogP contribution in [-0.4, -0.2) is 18.0 Å². The molecule has 0 atom stereocenters. The largest absolute Gasteiger partial charge is 0.398 e. The minimum Gasteiger partial charge on any atom is -0.398 e. The summed E-state index contributed by atoms with van der Waals surface area (Å²) in [5, 5.41) is 5.55. The molecule has 0 spiro atoms. The number of rotatable bonds is 8. The van der Waals surface area contributed by atoms with E-state index < -0.39 is 0 Å². The van der Waals surface area contributed by atoms with Crippen LogP contribution < -0.4 is 11.1 Å². The van der Waals surface area contributed by atoms with Crippen molar-refractivity contribution in [2.75, 3.05) is 18.8 Å². The number of hydrogen-bond donors (Lipinski definition) is 2. The SMILES string of the molecule is CCN(CC)Cc1ccccc1CNCc1sccc1N. The minimum atomic E-state index is 0.836. The fraction of sp³-hybridized carbons (Fsp3) is 0.412. The molecule has 0 saturated heterocycles. The minimum absolute atomic E-state index is 0.836. The van der Waals surface area contributed by atoms with Crippen LogP contribution in [0.3, 0.4) is 0 Å². The van der Waals surface area contributed by atoms with Crippen molar-refractivity contribution in [3.05, 3.63) is 51.7 Å². The van der Waals surface area contributed by atoms with Gasteiger partial charge in [-0.2, -0.15) is 0 Å². The van der Waals surface area contributed by atoms with Gasteiger partial charge in [0.15, 0.2) is 0 Å². The van der Waals surface area contributed by atoms with E-state index in [1.54, 1.807) is 11.3 Å². The van der Waals surface area contributed by atoms with Crippen LogP contribution in [0, 0.1) is 0 Å². The van der Waals surface area contributed by atoms with Gasteiger partial charge in [0, 0.05) is 30.2 Å². The summed E-state index contributed by atoms with van der Waals surface area (Å²) in [6, 6.07) is 10.6. The lowest BCUT2D eigenvalue weighted by atomic mass is 10.1. The van der Waals surface area contributed by atoms with Crippen LogP contribution >= 0.6 is 11.3 Å². The molecule has 0 unspecified atom stereocenters. The third kappa shape index (κ3) is 4.56. The molecule has 2 rings (SSSR count). The third-order valence-electron chi connectivity index (χ3n) is 3.79. The summed E-state index contributed by atoms with van der Waals surface area (Å²) < 4.78 is 0. The van der Waals surface area contributed by atoms with E-state index in [9.17, 15) is 0 Å². The summed E-state index contributed by atoms with van der Waals surface area (Å²) >= 11 is 1.71. The number of benzene rings is 1. The average Bonchev–Trinajstić information content (AvgIpc) is 2.91. The maximum absolute atomic E-state index is 5.92. The molecule has 114 valence electrons. The van der Waals surface area contributed by atoms with E-state index >= 15 is 0 Å². The smallest absolute Gasteiger partial charge is 0.0468 e. The zero-order chi connectivity index (χ0) is 15.1. The van der Waals surface area contributed by atoms with Gasteiger partial charge in [-0.25, -0.2) is 0 Å². The Kier molecular flexibility index (Phi) is 6.23. The molecule has 3 N–H and O–H groups in total. The molecule has 4 heteroatoms. The molecule has 0 bridgehead atoms. The van der Waals surface area contributed by atoms with Gasteiger partial charge in [0.2, 0.25) is 0 Å². The molecule has 1 aromatic carbocycles. The molecule has 0 amide bonds. The second kappa shape index (κ2) is 8.17. The van der Waals surface area contributed by atoms with Gasteiger partial charge in [0.05, 0.1) is 0 Å². The summed E-state index contributed by atoms with van der Waals surface area (Å²) in [5.74, 6) is 0. The second-order valence-electron chi connectivity index (χ2n) is 5.13. The first-order chi connectivity index (χ1) is 10.2. The van der Waals surface area contributed by atoms with Crippen LogP contribution in [0.25, 0.3) is 0 Å². The van der Waals surface area contributed by atoms with E-state index in [0.717, 1.165) is 38.4 Å². The topological polar surface area (TPSA) is 41.3 Å². The van der Waals surface area contributed by atoms with Gasteiger partial charge in [-0.05, 0) is 35.7 Å². The van der Waals surface area contributed by atoms with Gasteiger partial charge >= 0.3 is 0 Å². The Hall–Kier alpha value is -1.36. The van der Waals surface area contributed by atoms with Gasteiger partial charge < -0.3 is 11.1 Å². The lowest BCUT2D eigenvalue weighted by molar-refractivity contribution is 0.295. The molecule has 0 aliphatic rings. The van der Waals surface area contributed by atoms with Crippen molar-refractivity contribution in [3.8, 4) is 0 Å². The van der Waals surface area contributed by atoms with Gasteiger partial charge in [-0.15, -0.1) is 11.3 Å². The maximum atomic E-state index is 5.92. The van der Waals surface area contributed by atoms with Crippen molar-refractivity contribution in [2.24, 2.45) is 0 Å². The normalized spacial score (nSPS) is 11.2. The zero-order valence-electron chi connectivity index (χ0n) is 12.9. The van der Waals surface area contributed by atoms with Crippen molar-refractivity contribution < 1.29 is 0 Å². The highest BCUT2D eigenvalue weighted by atomic mass is 32.1. The molecular formula is C17H25N3S. The first kappa shape index (κ1) is 16.0. The Morgan fingerprint density at radius 1 is 1.05 bits per heavy atom. The van der Waals surface area contributed by atoms with Gasteiger partial charge in [-0.3, -0.25) is 4.90 Å². The second-order valence-corrected chi connectivity index (χ2v) is 6.13. The van der Waals surface area contributed by atoms with E-state index in [0.29, 0.717) is 0 Å². The predicted octanol–water partition coefficient (Wildman–Crippen LogP) is 3.46. The fourth-order valence-corrected chi connectivity index (χ4v) is 3.15. The molecule has 0 radical (unpaired) electrons. The van der Waals surface area contributed by atoms with E-state index in [1.807, 2.05) is 11.4 Å². The van der Waals surface area contributed by atoms with Gasteiger partial charge in [0.25, 0.3) is 0 Å². The molecule has 1 heterocycles. The van der Waals surface area contributed by atoms with Crippen molar-refractivity contribution in [1.82, 2.24) is 10.2 Å². The number of hydrogen-bond acceptors (Lipinski definition) is 4. The summed E-state index contributed by atoms with van der Waals surface area (Å²) in [7, 11) is 0. The van der Waals surface area contributed by atoms with Crippen LogP contribution in [0.5, 0.6) is 0 Å². The monoisotopic (exact) mass is 303 g/mol. The standard InChI is InChI=1S/C17H25N3S/c1-3-20(4-2)13-15-8-6-5-7-14(15)11-19-12-17-16(18)9-10-21-17/h5-10,19H,3-4,11-13,18H2,1-2H3. The Morgan fingerprint density at radius 3 is 2.38 bits per heavy atom. The van der Waals surface area contributed by atoms with E-state index in [4.69, 9.17) is 5.73 Å². The highest BCUT2D eigenvalue weighted by Gasteiger charge is 2.06. The maximum Gasteiger partial charge on any atom is 0.0468 e. The number of thiophene rings is 1. The van der Waals surface area contributed by atoms with Gasteiger partial charge in [0.1, 0.15) is 0 Å². The van der Waals surface area contributed by atoms with Crippen molar-refractivity contribution in [3.63, 3.8) is 0 Å². The lowest BCUT2D eigenvalue weighted by Crippen LogP contribution is -2.23. The van der Waals surface area contributed by atoms with Crippen LogP contribution in [0.4, 0.5) is 5.69 Å². The van der Waals surface area contributed by atoms with Crippen LogP contribution in [0.1, 0.15) is 29.9 Å². The van der Waals surface area contributed by atoms with Crippen LogP contribution in [0.2, 0.25) is 0 Å². The average molecular weight is 303 g/mol. The Labute approximate surface area is 131 Å². The summed E-state index contributed by atoms with van der Waals surface area (Å²) in [6.45, 7) is 9.34. The summed E-state index contributed by atoms with van der Waals surface area (Å²) in [6.07, 6.45) is 0. The van der Waals surface area contributed by atoms with Crippen LogP contribution in [-0.2, 0) is 19.6 Å². The van der Waals surface area contributed by atoms with Crippen molar-refractivity contribution in [2.45, 2.75) is 33.5 Å². The number of nitrogens with zero attached hydrogens (tertiary/aromatic N) is 1. The first-order valence-corrected chi connectivity index (χ1v) is 8.44. The molecular weight excluding hydrogens is 278 g/mol. The van der Waals surface area contributed by atoms with E-state index in [2.05, 4.69) is 48.3 Å².